The van der Waals surface area contributed by atoms with E-state index in [-0.39, 0.29) is 18.3 Å². The molecule has 150 valence electrons. The summed E-state index contributed by atoms with van der Waals surface area (Å²) in [7, 11) is 1.34. The highest BCUT2D eigenvalue weighted by molar-refractivity contribution is 6.37. The molecule has 0 saturated heterocycles. The third-order valence-electron chi connectivity index (χ3n) is 4.81. The average molecular weight is 402 g/mol. The van der Waals surface area contributed by atoms with Crippen LogP contribution in [0.2, 0.25) is 0 Å². The molecule has 0 radical (unpaired) electrons. The number of hydrogen-bond acceptors (Lipinski definition) is 4. The number of halogens is 1. The number of rotatable bonds is 5. The van der Waals surface area contributed by atoms with E-state index in [1.165, 1.54) is 19.2 Å². The monoisotopic (exact) mass is 402 g/mol. The Labute approximate surface area is 173 Å². The van der Waals surface area contributed by atoms with Gasteiger partial charge in [0.2, 0.25) is 0 Å². The van der Waals surface area contributed by atoms with Gasteiger partial charge in [0, 0.05) is 11.3 Å². The van der Waals surface area contributed by atoms with Crippen molar-refractivity contribution in [2.75, 3.05) is 17.7 Å². The number of para-hydroxylation sites is 1. The molecular formula is C24H19FN2O3. The number of carbonyl (C=O) groups is 2. The van der Waals surface area contributed by atoms with E-state index in [1.807, 2.05) is 54.6 Å². The molecule has 0 bridgehead atoms. The largest absolute Gasteiger partial charge is 0.469 e. The Balaban J connectivity index is 1.87. The van der Waals surface area contributed by atoms with E-state index in [0.717, 1.165) is 16.8 Å². The molecule has 0 aromatic heterocycles. The van der Waals surface area contributed by atoms with E-state index >= 15 is 0 Å². The molecule has 2 N–H and O–H groups in total. The Morgan fingerprint density at radius 1 is 1.03 bits per heavy atom. The van der Waals surface area contributed by atoms with Crippen LogP contribution in [0.15, 0.2) is 72.8 Å². The zero-order chi connectivity index (χ0) is 21.1. The van der Waals surface area contributed by atoms with E-state index in [1.54, 1.807) is 6.07 Å². The highest BCUT2D eigenvalue weighted by atomic mass is 19.1. The van der Waals surface area contributed by atoms with Gasteiger partial charge in [0.25, 0.3) is 5.91 Å². The first-order valence-corrected chi connectivity index (χ1v) is 9.39. The maximum absolute atomic E-state index is 13.7. The SMILES string of the molecule is COC(=O)Cc1cccc(/C(Nc2ccccc2)=C2/C(=O)Nc3cc(F)ccc32)c1. The van der Waals surface area contributed by atoms with Crippen LogP contribution >= 0.6 is 0 Å². The topological polar surface area (TPSA) is 67.4 Å². The molecular weight excluding hydrogens is 383 g/mol. The lowest BCUT2D eigenvalue weighted by atomic mass is 9.98. The van der Waals surface area contributed by atoms with Crippen molar-refractivity contribution >= 4 is 34.5 Å². The molecule has 1 aliphatic rings. The molecule has 0 saturated carbocycles. The Kier molecular flexibility index (Phi) is 5.30. The van der Waals surface area contributed by atoms with Crippen LogP contribution in [-0.2, 0) is 20.7 Å². The maximum atomic E-state index is 13.7. The van der Waals surface area contributed by atoms with E-state index in [2.05, 4.69) is 10.6 Å². The van der Waals surface area contributed by atoms with E-state index in [0.29, 0.717) is 22.5 Å². The normalized spacial score (nSPS) is 14.0. The number of amides is 1. The summed E-state index contributed by atoms with van der Waals surface area (Å²) in [6.45, 7) is 0. The number of fused-ring (bicyclic) bond motifs is 1. The van der Waals surface area contributed by atoms with Crippen molar-refractivity contribution in [2.24, 2.45) is 0 Å². The average Bonchev–Trinajstić information content (AvgIpc) is 3.07. The van der Waals surface area contributed by atoms with Crippen LogP contribution < -0.4 is 10.6 Å². The van der Waals surface area contributed by atoms with Crippen LogP contribution in [0.5, 0.6) is 0 Å². The zero-order valence-corrected chi connectivity index (χ0v) is 16.2. The molecule has 0 atom stereocenters. The van der Waals surface area contributed by atoms with Crippen molar-refractivity contribution < 1.29 is 18.7 Å². The van der Waals surface area contributed by atoms with Gasteiger partial charge in [0.1, 0.15) is 5.82 Å². The van der Waals surface area contributed by atoms with Gasteiger partial charge in [0.15, 0.2) is 0 Å². The number of methoxy groups -OCH3 is 1. The predicted molar refractivity (Wildman–Crippen MR) is 114 cm³/mol. The Hall–Kier alpha value is -3.93. The maximum Gasteiger partial charge on any atom is 0.309 e. The molecule has 30 heavy (non-hydrogen) atoms. The molecule has 1 aliphatic heterocycles. The van der Waals surface area contributed by atoms with Gasteiger partial charge in [-0.05, 0) is 47.5 Å². The summed E-state index contributed by atoms with van der Waals surface area (Å²) in [6.07, 6.45) is 0.117. The minimum atomic E-state index is -0.423. The lowest BCUT2D eigenvalue weighted by Crippen LogP contribution is -2.11. The molecule has 3 aromatic rings. The van der Waals surface area contributed by atoms with Crippen LogP contribution in [-0.4, -0.2) is 19.0 Å². The number of hydrogen-bond donors (Lipinski definition) is 2. The second-order valence-electron chi connectivity index (χ2n) is 6.84. The predicted octanol–water partition coefficient (Wildman–Crippen LogP) is 4.47. The summed E-state index contributed by atoms with van der Waals surface area (Å²) < 4.78 is 18.4. The minimum Gasteiger partial charge on any atom is -0.469 e. The van der Waals surface area contributed by atoms with Gasteiger partial charge in [-0.15, -0.1) is 0 Å². The Morgan fingerprint density at radius 3 is 2.60 bits per heavy atom. The summed E-state index contributed by atoms with van der Waals surface area (Å²) in [5, 5.41) is 6.06. The van der Waals surface area contributed by atoms with Gasteiger partial charge < -0.3 is 15.4 Å². The number of esters is 1. The lowest BCUT2D eigenvalue weighted by molar-refractivity contribution is -0.139. The quantitative estimate of drug-likeness (QED) is 0.488. The van der Waals surface area contributed by atoms with E-state index < -0.39 is 5.82 Å². The first kappa shape index (κ1) is 19.4. The fourth-order valence-corrected chi connectivity index (χ4v) is 3.41. The first-order chi connectivity index (χ1) is 14.5. The van der Waals surface area contributed by atoms with Crippen molar-refractivity contribution in [3.63, 3.8) is 0 Å². The van der Waals surface area contributed by atoms with Crippen LogP contribution in [0.25, 0.3) is 11.3 Å². The standard InChI is InChI=1S/C24H19FN2O3/c1-30-21(28)13-15-6-5-7-16(12-15)23(26-18-8-3-2-4-9-18)22-19-11-10-17(25)14-20(19)27-24(22)29/h2-12,14,26H,13H2,1H3,(H,27,29)/b23-22-. The van der Waals surface area contributed by atoms with Crippen LogP contribution in [0.3, 0.4) is 0 Å². The molecule has 1 amide bonds. The summed E-state index contributed by atoms with van der Waals surface area (Å²) in [6, 6.07) is 21.0. The van der Waals surface area contributed by atoms with Crippen molar-refractivity contribution in [3.05, 3.63) is 95.3 Å². The molecule has 0 spiro atoms. The fourth-order valence-electron chi connectivity index (χ4n) is 3.41. The fraction of sp³-hybridized carbons (Fsp3) is 0.0833. The van der Waals surface area contributed by atoms with Gasteiger partial charge in [-0.2, -0.15) is 0 Å². The molecule has 3 aromatic carbocycles. The molecule has 0 fully saturated rings. The van der Waals surface area contributed by atoms with Crippen molar-refractivity contribution in [1.29, 1.82) is 0 Å². The van der Waals surface area contributed by atoms with Gasteiger partial charge in [-0.1, -0.05) is 36.4 Å². The zero-order valence-electron chi connectivity index (χ0n) is 16.2. The second kappa shape index (κ2) is 8.21. The smallest absolute Gasteiger partial charge is 0.309 e. The van der Waals surface area contributed by atoms with Crippen LogP contribution in [0.1, 0.15) is 16.7 Å². The van der Waals surface area contributed by atoms with Gasteiger partial charge in [0.05, 0.1) is 30.5 Å². The van der Waals surface area contributed by atoms with Gasteiger partial charge in [-0.25, -0.2) is 4.39 Å². The summed E-state index contributed by atoms with van der Waals surface area (Å²) in [4.78, 5) is 24.6. The number of ether oxygens (including phenoxy) is 1. The molecule has 5 nitrogen and oxygen atoms in total. The van der Waals surface area contributed by atoms with Gasteiger partial charge >= 0.3 is 5.97 Å². The second-order valence-corrected chi connectivity index (χ2v) is 6.84. The summed E-state index contributed by atoms with van der Waals surface area (Å²) in [5.41, 5.74) is 4.28. The minimum absolute atomic E-state index is 0.117. The highest BCUT2D eigenvalue weighted by Crippen LogP contribution is 2.38. The van der Waals surface area contributed by atoms with Crippen LogP contribution in [0, 0.1) is 5.82 Å². The number of nitrogens with one attached hydrogen (secondary N) is 2. The molecule has 0 aliphatic carbocycles. The number of carbonyl (C=O) groups excluding carboxylic acids is 2. The molecule has 0 unspecified atom stereocenters. The Bertz CT molecular complexity index is 1160. The highest BCUT2D eigenvalue weighted by Gasteiger charge is 2.29. The van der Waals surface area contributed by atoms with Crippen molar-refractivity contribution in [1.82, 2.24) is 0 Å². The molecule has 1 heterocycles. The molecule has 6 heteroatoms. The van der Waals surface area contributed by atoms with Crippen molar-refractivity contribution in [2.45, 2.75) is 6.42 Å². The summed E-state index contributed by atoms with van der Waals surface area (Å²) in [5.74, 6) is -1.10. The van der Waals surface area contributed by atoms with E-state index in [4.69, 9.17) is 4.74 Å². The summed E-state index contributed by atoms with van der Waals surface area (Å²) >= 11 is 0. The Morgan fingerprint density at radius 2 is 1.83 bits per heavy atom. The lowest BCUT2D eigenvalue weighted by Gasteiger charge is -2.15. The van der Waals surface area contributed by atoms with Crippen molar-refractivity contribution in [3.8, 4) is 0 Å². The number of benzene rings is 3. The first-order valence-electron chi connectivity index (χ1n) is 9.39. The number of anilines is 2. The third-order valence-corrected chi connectivity index (χ3v) is 4.81. The van der Waals surface area contributed by atoms with E-state index in [9.17, 15) is 14.0 Å². The third kappa shape index (κ3) is 3.93. The molecule has 4 rings (SSSR count). The van der Waals surface area contributed by atoms with Gasteiger partial charge in [-0.3, -0.25) is 9.59 Å². The van der Waals surface area contributed by atoms with Crippen LogP contribution in [0.4, 0.5) is 15.8 Å².